The van der Waals surface area contributed by atoms with Crippen molar-refractivity contribution in [1.29, 1.82) is 0 Å². The molecular formula is C60H42. The lowest BCUT2D eigenvalue weighted by atomic mass is 9.86. The summed E-state index contributed by atoms with van der Waals surface area (Å²) in [6, 6.07) is 41.4. The fourth-order valence-electron chi connectivity index (χ4n) is 9.40. The Balaban J connectivity index is 1.23. The standard InChI is InChI=1S/C60H42/c1-9-13-49-53-19-17-39(29-55(53)51(15-11-3)59-33-47-27-43-23-37(7)35(5)21-41(43)25-45(47)31-57(49)59)40-18-20-54-50(14-10-2)58-32-46-26-42-22-36(6)38(8)24-44(42)28-48(46)34-60(58)52(16-12-4)56(54)30-40/h17-34H,1-8H3. The Bertz CT molecular complexity index is 3600. The second kappa shape index (κ2) is 14.1. The summed E-state index contributed by atoms with van der Waals surface area (Å²) in [5.41, 5.74) is 11.6. The summed E-state index contributed by atoms with van der Waals surface area (Å²) >= 11 is 0. The molecule has 0 nitrogen and oxygen atoms in total. The van der Waals surface area contributed by atoms with Gasteiger partial charge in [0.15, 0.2) is 0 Å². The summed E-state index contributed by atoms with van der Waals surface area (Å²) in [6.07, 6.45) is 0. The normalized spacial score (nSPS) is 11.1. The maximum absolute atomic E-state index is 3.56. The molecule has 0 spiro atoms. The number of benzene rings is 10. The minimum absolute atomic E-state index is 1.03. The quantitative estimate of drug-likeness (QED) is 0.115. The van der Waals surface area contributed by atoms with Gasteiger partial charge in [-0.2, -0.15) is 0 Å². The van der Waals surface area contributed by atoms with Crippen molar-refractivity contribution in [3.8, 4) is 58.5 Å². The monoisotopic (exact) mass is 762 g/mol. The van der Waals surface area contributed by atoms with Gasteiger partial charge in [0.25, 0.3) is 0 Å². The van der Waals surface area contributed by atoms with Crippen LogP contribution >= 0.6 is 0 Å². The summed E-state index contributed by atoms with van der Waals surface area (Å²) in [4.78, 5) is 0. The molecule has 0 heteroatoms. The molecule has 0 amide bonds. The lowest BCUT2D eigenvalue weighted by molar-refractivity contribution is 1.37. The number of aryl methyl sites for hydroxylation is 4. The molecule has 0 aliphatic heterocycles. The molecule has 0 bridgehead atoms. The van der Waals surface area contributed by atoms with E-state index in [2.05, 4.69) is 184 Å². The third-order valence-electron chi connectivity index (χ3n) is 12.6. The van der Waals surface area contributed by atoms with Gasteiger partial charge in [0.2, 0.25) is 0 Å². The van der Waals surface area contributed by atoms with Crippen molar-refractivity contribution < 1.29 is 0 Å². The number of rotatable bonds is 1. The van der Waals surface area contributed by atoms with Crippen LogP contribution in [-0.2, 0) is 0 Å². The van der Waals surface area contributed by atoms with Crippen LogP contribution in [0, 0.1) is 75.1 Å². The van der Waals surface area contributed by atoms with Gasteiger partial charge in [0.05, 0.1) is 0 Å². The molecular weight excluding hydrogens is 721 g/mol. The minimum atomic E-state index is 1.03. The predicted octanol–water partition coefficient (Wildman–Crippen LogP) is 15.3. The van der Waals surface area contributed by atoms with Crippen LogP contribution in [0.25, 0.3) is 97.3 Å². The van der Waals surface area contributed by atoms with Gasteiger partial charge in [0, 0.05) is 22.3 Å². The predicted molar refractivity (Wildman–Crippen MR) is 261 cm³/mol. The molecule has 0 aliphatic rings. The summed E-state index contributed by atoms with van der Waals surface area (Å²) in [6.45, 7) is 16.4. The Morgan fingerprint density at radius 1 is 0.250 bits per heavy atom. The highest BCUT2D eigenvalue weighted by Gasteiger charge is 2.18. The lowest BCUT2D eigenvalue weighted by Gasteiger charge is -2.16. The molecule has 60 heavy (non-hydrogen) atoms. The highest BCUT2D eigenvalue weighted by Crippen LogP contribution is 2.41. The van der Waals surface area contributed by atoms with Crippen LogP contribution in [0.3, 0.4) is 0 Å². The Morgan fingerprint density at radius 2 is 0.483 bits per heavy atom. The van der Waals surface area contributed by atoms with Gasteiger partial charge in [-0.25, -0.2) is 0 Å². The van der Waals surface area contributed by atoms with Crippen molar-refractivity contribution in [3.05, 3.63) is 154 Å². The fourth-order valence-corrected chi connectivity index (χ4v) is 9.40. The molecule has 0 saturated heterocycles. The molecule has 282 valence electrons. The van der Waals surface area contributed by atoms with E-state index in [0.29, 0.717) is 0 Å². The summed E-state index contributed by atoms with van der Waals surface area (Å²) in [5.74, 6) is 27.2. The summed E-state index contributed by atoms with van der Waals surface area (Å²) in [7, 11) is 0. The molecule has 0 aliphatic carbocycles. The van der Waals surface area contributed by atoms with Gasteiger partial charge in [-0.3, -0.25) is 0 Å². The highest BCUT2D eigenvalue weighted by molar-refractivity contribution is 6.17. The molecule has 0 aromatic heterocycles. The molecule has 0 heterocycles. The second-order valence-electron chi connectivity index (χ2n) is 16.3. The number of fused-ring (bicyclic) bond motifs is 8. The molecule has 0 N–H and O–H groups in total. The first kappa shape index (κ1) is 36.8. The van der Waals surface area contributed by atoms with Gasteiger partial charge in [-0.15, -0.1) is 23.7 Å². The topological polar surface area (TPSA) is 0 Å². The van der Waals surface area contributed by atoms with E-state index < -0.39 is 0 Å². The van der Waals surface area contributed by atoms with Crippen molar-refractivity contribution >= 4 is 86.2 Å². The van der Waals surface area contributed by atoms with E-state index in [-0.39, 0.29) is 0 Å². The molecule has 10 aromatic rings. The molecule has 0 radical (unpaired) electrons. The minimum Gasteiger partial charge on any atom is -0.101 e. The Kier molecular flexibility index (Phi) is 8.66. The number of hydrogen-bond acceptors (Lipinski definition) is 0. The highest BCUT2D eigenvalue weighted by atomic mass is 14.2. The van der Waals surface area contributed by atoms with E-state index in [0.717, 1.165) is 76.5 Å². The Hall–Kier alpha value is -7.48. The molecule has 0 atom stereocenters. The van der Waals surface area contributed by atoms with Crippen molar-refractivity contribution in [2.24, 2.45) is 0 Å². The van der Waals surface area contributed by atoms with E-state index in [1.807, 2.05) is 27.7 Å². The van der Waals surface area contributed by atoms with Crippen LogP contribution in [0.5, 0.6) is 0 Å². The van der Waals surface area contributed by atoms with Crippen LogP contribution in [0.15, 0.2) is 109 Å². The smallest absolute Gasteiger partial charge is 0.0403 e. The van der Waals surface area contributed by atoms with Crippen LogP contribution in [-0.4, -0.2) is 0 Å². The van der Waals surface area contributed by atoms with E-state index >= 15 is 0 Å². The first-order chi connectivity index (χ1) is 29.2. The molecule has 0 unspecified atom stereocenters. The van der Waals surface area contributed by atoms with Gasteiger partial charge in [-0.05, 0) is 236 Å². The Labute approximate surface area is 352 Å². The molecule has 0 fully saturated rings. The maximum Gasteiger partial charge on any atom is 0.0403 e. The van der Waals surface area contributed by atoms with Crippen molar-refractivity contribution in [2.75, 3.05) is 0 Å². The van der Waals surface area contributed by atoms with E-state index in [9.17, 15) is 0 Å². The van der Waals surface area contributed by atoms with Crippen LogP contribution in [0.1, 0.15) is 72.2 Å². The van der Waals surface area contributed by atoms with Gasteiger partial charge >= 0.3 is 0 Å². The zero-order valence-electron chi connectivity index (χ0n) is 35.4. The van der Waals surface area contributed by atoms with E-state index in [4.69, 9.17) is 0 Å². The van der Waals surface area contributed by atoms with Gasteiger partial charge < -0.3 is 0 Å². The summed E-state index contributed by atoms with van der Waals surface area (Å²) < 4.78 is 0. The summed E-state index contributed by atoms with van der Waals surface area (Å²) in [5, 5.41) is 18.8. The van der Waals surface area contributed by atoms with Gasteiger partial charge in [0.1, 0.15) is 0 Å². The average molecular weight is 763 g/mol. The van der Waals surface area contributed by atoms with Crippen molar-refractivity contribution in [2.45, 2.75) is 55.4 Å². The first-order valence-corrected chi connectivity index (χ1v) is 20.7. The van der Waals surface area contributed by atoms with Gasteiger partial charge in [-0.1, -0.05) is 72.2 Å². The lowest BCUT2D eigenvalue weighted by Crippen LogP contribution is -1.94. The molecule has 10 rings (SSSR count). The second-order valence-corrected chi connectivity index (χ2v) is 16.3. The third-order valence-corrected chi connectivity index (χ3v) is 12.6. The van der Waals surface area contributed by atoms with Crippen molar-refractivity contribution in [3.63, 3.8) is 0 Å². The Morgan fingerprint density at radius 3 is 0.750 bits per heavy atom. The SMILES string of the molecule is CC#Cc1c2ccc(-c3ccc4c(C#CC)c5cc6cc7cc(C)c(C)cc7cc6cc5c(C#CC)c4c3)cc2c(C#CC)c2cc3cc4cc(C)c(C)cc4cc3cc12. The first-order valence-electron chi connectivity index (χ1n) is 20.7. The molecule has 0 saturated carbocycles. The average Bonchev–Trinajstić information content (AvgIpc) is 3.24. The number of hydrogen-bond donors (Lipinski definition) is 0. The van der Waals surface area contributed by atoms with Crippen LogP contribution < -0.4 is 0 Å². The fraction of sp³-hybridized carbons (Fsp3) is 0.133. The molecule has 10 aromatic carbocycles. The van der Waals surface area contributed by atoms with Crippen molar-refractivity contribution in [1.82, 2.24) is 0 Å². The van der Waals surface area contributed by atoms with E-state index in [1.54, 1.807) is 0 Å². The van der Waals surface area contributed by atoms with Crippen LogP contribution in [0.4, 0.5) is 0 Å². The third kappa shape index (κ3) is 5.77. The maximum atomic E-state index is 3.56. The van der Waals surface area contributed by atoms with E-state index in [1.165, 1.54) is 65.3 Å². The zero-order valence-corrected chi connectivity index (χ0v) is 35.4. The van der Waals surface area contributed by atoms with Crippen LogP contribution in [0.2, 0.25) is 0 Å². The largest absolute Gasteiger partial charge is 0.101 e. The zero-order chi connectivity index (χ0) is 41.4.